The molecule has 1 aliphatic carbocycles. The lowest BCUT2D eigenvalue weighted by Gasteiger charge is -2.22. The molecule has 3 aromatic rings. The Balaban J connectivity index is 1.30. The normalized spacial score (nSPS) is 13.9. The molecule has 0 radical (unpaired) electrons. The molecule has 0 saturated heterocycles. The van der Waals surface area contributed by atoms with Crippen molar-refractivity contribution < 1.29 is 22.8 Å². The zero-order valence-electron chi connectivity index (χ0n) is 24.9. The van der Waals surface area contributed by atoms with Crippen molar-refractivity contribution in [3.8, 4) is 0 Å². The van der Waals surface area contributed by atoms with E-state index in [-0.39, 0.29) is 34.4 Å². The number of halogens is 3. The SMILES string of the molecule is N=C(c1ccc(C(=O)Nc2cc(C(F)(F)F)ccn2)cc1)c1c(N)ncc(C/C=C/CCCCC(=O)NC2CCCCC2)c1N. The zero-order chi connectivity index (χ0) is 32.4. The Labute approximate surface area is 260 Å². The number of rotatable bonds is 12. The van der Waals surface area contributed by atoms with Crippen LogP contribution < -0.4 is 22.1 Å². The second-order valence-corrected chi connectivity index (χ2v) is 11.1. The zero-order valence-corrected chi connectivity index (χ0v) is 24.9. The first kappa shape index (κ1) is 33.2. The molecule has 12 heteroatoms. The number of amides is 2. The lowest BCUT2D eigenvalue weighted by atomic mass is 9.95. The van der Waals surface area contributed by atoms with E-state index < -0.39 is 17.6 Å². The molecule has 238 valence electrons. The van der Waals surface area contributed by atoms with Crippen molar-refractivity contribution in [2.45, 2.75) is 76.4 Å². The quantitative estimate of drug-likeness (QED) is 0.0889. The van der Waals surface area contributed by atoms with Crippen molar-refractivity contribution in [1.82, 2.24) is 15.3 Å². The number of hydrogen-bond acceptors (Lipinski definition) is 7. The molecule has 2 aromatic heterocycles. The van der Waals surface area contributed by atoms with Gasteiger partial charge in [-0.05, 0) is 68.4 Å². The fourth-order valence-electron chi connectivity index (χ4n) is 5.22. The number of nitrogens with one attached hydrogen (secondary N) is 3. The summed E-state index contributed by atoms with van der Waals surface area (Å²) in [5.41, 5.74) is 13.5. The van der Waals surface area contributed by atoms with Crippen molar-refractivity contribution >= 4 is 34.8 Å². The second kappa shape index (κ2) is 15.3. The van der Waals surface area contributed by atoms with Crippen molar-refractivity contribution in [3.63, 3.8) is 0 Å². The molecule has 0 atom stereocenters. The van der Waals surface area contributed by atoms with Crippen LogP contribution in [0.15, 0.2) is 60.9 Å². The van der Waals surface area contributed by atoms with Crippen molar-refractivity contribution in [2.75, 3.05) is 16.8 Å². The standard InChI is InChI=1S/C33H38F3N7O2/c34-33(35,36)24-17-18-40-26(19-24)43-32(45)22-15-13-21(14-16-22)29(37)28-30(38)23(20-41-31(28)39)9-5-2-1-3-8-12-27(44)42-25-10-6-4-7-11-25/h2,5,13-20,25,37H,1,3-4,6-12H2,(H,42,44)(H4,38,39,41)(H,40,43,45)/b5-2+,37-29?. The maximum atomic E-state index is 13.0. The van der Waals surface area contributed by atoms with Gasteiger partial charge in [0.25, 0.3) is 5.91 Å². The fraction of sp³-hybridized carbons (Fsp3) is 0.364. The molecular weight excluding hydrogens is 583 g/mol. The van der Waals surface area contributed by atoms with Gasteiger partial charge in [0, 0.05) is 41.7 Å². The summed E-state index contributed by atoms with van der Waals surface area (Å²) in [5, 5.41) is 14.2. The Morgan fingerprint density at radius 2 is 1.69 bits per heavy atom. The van der Waals surface area contributed by atoms with E-state index in [1.165, 1.54) is 43.5 Å². The molecule has 0 unspecified atom stereocenters. The van der Waals surface area contributed by atoms with Crippen LogP contribution in [-0.2, 0) is 17.4 Å². The van der Waals surface area contributed by atoms with E-state index in [4.69, 9.17) is 16.9 Å². The molecule has 1 aromatic carbocycles. The number of carbonyl (C=O) groups excluding carboxylic acids is 2. The molecule has 1 aliphatic rings. The summed E-state index contributed by atoms with van der Waals surface area (Å²) in [6, 6.07) is 7.84. The molecule has 2 heterocycles. The highest BCUT2D eigenvalue weighted by Gasteiger charge is 2.31. The highest BCUT2D eigenvalue weighted by Crippen LogP contribution is 2.30. The van der Waals surface area contributed by atoms with Crippen LogP contribution in [0.4, 0.5) is 30.5 Å². The minimum Gasteiger partial charge on any atom is -0.398 e. The van der Waals surface area contributed by atoms with Crippen LogP contribution >= 0.6 is 0 Å². The Morgan fingerprint density at radius 1 is 0.978 bits per heavy atom. The molecule has 0 aliphatic heterocycles. The van der Waals surface area contributed by atoms with Gasteiger partial charge in [0.05, 0.1) is 16.8 Å². The third kappa shape index (κ3) is 9.37. The fourth-order valence-corrected chi connectivity index (χ4v) is 5.22. The molecule has 45 heavy (non-hydrogen) atoms. The smallest absolute Gasteiger partial charge is 0.398 e. The van der Waals surface area contributed by atoms with E-state index in [9.17, 15) is 22.8 Å². The van der Waals surface area contributed by atoms with Gasteiger partial charge >= 0.3 is 6.18 Å². The minimum atomic E-state index is -4.56. The van der Waals surface area contributed by atoms with Crippen LogP contribution in [0.5, 0.6) is 0 Å². The molecule has 0 bridgehead atoms. The summed E-state index contributed by atoms with van der Waals surface area (Å²) in [5.74, 6) is -0.667. The molecule has 4 rings (SSSR count). The van der Waals surface area contributed by atoms with Crippen LogP contribution in [-0.4, -0.2) is 33.5 Å². The lowest BCUT2D eigenvalue weighted by Crippen LogP contribution is -2.35. The topological polar surface area (TPSA) is 160 Å². The summed E-state index contributed by atoms with van der Waals surface area (Å²) in [7, 11) is 0. The number of alkyl halides is 3. The first-order valence-electron chi connectivity index (χ1n) is 15.0. The number of pyridine rings is 2. The number of nitrogen functional groups attached to an aromatic ring is 2. The number of anilines is 3. The van der Waals surface area contributed by atoms with E-state index in [2.05, 4.69) is 20.6 Å². The largest absolute Gasteiger partial charge is 0.416 e. The van der Waals surface area contributed by atoms with Crippen molar-refractivity contribution in [2.24, 2.45) is 0 Å². The minimum absolute atomic E-state index is 0.0151. The first-order valence-corrected chi connectivity index (χ1v) is 15.0. The molecule has 9 nitrogen and oxygen atoms in total. The predicted octanol–water partition coefficient (Wildman–Crippen LogP) is 6.44. The monoisotopic (exact) mass is 621 g/mol. The summed E-state index contributed by atoms with van der Waals surface area (Å²) in [4.78, 5) is 32.8. The number of unbranched alkanes of at least 4 members (excludes halogenated alkanes) is 2. The summed E-state index contributed by atoms with van der Waals surface area (Å²) in [6.45, 7) is 0. The maximum Gasteiger partial charge on any atom is 0.416 e. The average molecular weight is 622 g/mol. The van der Waals surface area contributed by atoms with Crippen molar-refractivity contribution in [1.29, 1.82) is 5.41 Å². The van der Waals surface area contributed by atoms with Crippen molar-refractivity contribution in [3.05, 3.63) is 88.8 Å². The number of nitrogens with zero attached hydrogens (tertiary/aromatic N) is 2. The Morgan fingerprint density at radius 3 is 2.40 bits per heavy atom. The first-order chi connectivity index (χ1) is 21.5. The molecule has 0 spiro atoms. The molecular formula is C33H38F3N7O2. The van der Waals surface area contributed by atoms with E-state index in [0.29, 0.717) is 35.7 Å². The Hall–Kier alpha value is -4.74. The lowest BCUT2D eigenvalue weighted by molar-refractivity contribution is -0.137. The average Bonchev–Trinajstić information content (AvgIpc) is 3.01. The van der Waals surface area contributed by atoms with Crippen LogP contribution in [0.2, 0.25) is 0 Å². The highest BCUT2D eigenvalue weighted by atomic mass is 19.4. The third-order valence-corrected chi connectivity index (χ3v) is 7.74. The number of nitrogens with two attached hydrogens (primary N) is 2. The molecule has 7 N–H and O–H groups in total. The van der Waals surface area contributed by atoms with E-state index in [0.717, 1.165) is 50.4 Å². The summed E-state index contributed by atoms with van der Waals surface area (Å²) in [6.07, 6.45) is 11.4. The highest BCUT2D eigenvalue weighted by molar-refractivity contribution is 6.17. The molecule has 1 fully saturated rings. The predicted molar refractivity (Wildman–Crippen MR) is 169 cm³/mol. The Kier molecular flexibility index (Phi) is 11.3. The number of aromatic nitrogens is 2. The number of benzene rings is 1. The van der Waals surface area contributed by atoms with Crippen LogP contribution in [0.25, 0.3) is 0 Å². The van der Waals surface area contributed by atoms with Gasteiger partial charge in [-0.3, -0.25) is 15.0 Å². The van der Waals surface area contributed by atoms with Crippen LogP contribution in [0.3, 0.4) is 0 Å². The number of allylic oxidation sites excluding steroid dienone is 2. The third-order valence-electron chi connectivity index (χ3n) is 7.74. The van der Waals surface area contributed by atoms with Gasteiger partial charge in [0.1, 0.15) is 11.6 Å². The van der Waals surface area contributed by atoms with Gasteiger partial charge in [0.15, 0.2) is 0 Å². The number of hydrogen-bond donors (Lipinski definition) is 5. The maximum absolute atomic E-state index is 13.0. The number of carbonyl (C=O) groups is 2. The molecule has 1 saturated carbocycles. The summed E-state index contributed by atoms with van der Waals surface area (Å²) >= 11 is 0. The van der Waals surface area contributed by atoms with E-state index >= 15 is 0 Å². The van der Waals surface area contributed by atoms with Gasteiger partial charge in [-0.15, -0.1) is 0 Å². The van der Waals surface area contributed by atoms with E-state index in [1.807, 2.05) is 12.2 Å². The summed E-state index contributed by atoms with van der Waals surface area (Å²) < 4.78 is 38.9. The van der Waals surface area contributed by atoms with Gasteiger partial charge in [-0.2, -0.15) is 13.2 Å². The Bertz CT molecular complexity index is 1530. The van der Waals surface area contributed by atoms with Gasteiger partial charge < -0.3 is 22.1 Å². The molecule has 2 amide bonds. The van der Waals surface area contributed by atoms with Gasteiger partial charge in [0.2, 0.25) is 5.91 Å². The van der Waals surface area contributed by atoms with Gasteiger partial charge in [-0.25, -0.2) is 9.97 Å². The van der Waals surface area contributed by atoms with Crippen LogP contribution in [0.1, 0.15) is 90.4 Å². The van der Waals surface area contributed by atoms with Crippen LogP contribution in [0, 0.1) is 5.41 Å². The van der Waals surface area contributed by atoms with E-state index in [1.54, 1.807) is 6.20 Å². The van der Waals surface area contributed by atoms with Gasteiger partial charge in [-0.1, -0.05) is 43.5 Å². The second-order valence-electron chi connectivity index (χ2n) is 11.1.